The molecule has 0 saturated heterocycles. The van der Waals surface area contributed by atoms with E-state index in [1.165, 1.54) is 0 Å². The summed E-state index contributed by atoms with van der Waals surface area (Å²) in [6, 6.07) is 0. The van der Waals surface area contributed by atoms with E-state index in [0.717, 1.165) is 0 Å². The molecular weight excluding hydrogens is 207 g/mol. The van der Waals surface area contributed by atoms with Crippen LogP contribution in [-0.2, 0) is 4.57 Å². The number of hydrogen-bond donors (Lipinski definition) is 1. The van der Waals surface area contributed by atoms with Crippen molar-refractivity contribution in [1.82, 2.24) is 0 Å². The second-order valence-electron chi connectivity index (χ2n) is 5.65. The van der Waals surface area contributed by atoms with Gasteiger partial charge in [-0.1, -0.05) is 41.5 Å². The van der Waals surface area contributed by atoms with Gasteiger partial charge in [-0.25, -0.2) is 0 Å². The third kappa shape index (κ3) is 6.37. The van der Waals surface area contributed by atoms with Gasteiger partial charge in [0.15, 0.2) is 0 Å². The van der Waals surface area contributed by atoms with Crippen molar-refractivity contribution in [2.24, 2.45) is 23.7 Å². The Labute approximate surface area is 94.9 Å². The molecule has 2 nitrogen and oxygen atoms in total. The molecule has 15 heavy (non-hydrogen) atoms. The Kier molecular flexibility index (Phi) is 6.13. The van der Waals surface area contributed by atoms with Gasteiger partial charge >= 0.3 is 0 Å². The second kappa shape index (κ2) is 6.06. The maximum absolute atomic E-state index is 12.0. The highest BCUT2D eigenvalue weighted by atomic mass is 31.2. The zero-order valence-corrected chi connectivity index (χ0v) is 11.9. The van der Waals surface area contributed by atoms with E-state index in [0.29, 0.717) is 36.0 Å². The molecule has 2 atom stereocenters. The van der Waals surface area contributed by atoms with Crippen molar-refractivity contribution < 1.29 is 9.46 Å². The predicted molar refractivity (Wildman–Crippen MR) is 67.6 cm³/mol. The fraction of sp³-hybridized carbons (Fsp3) is 1.00. The van der Waals surface area contributed by atoms with E-state index in [1.54, 1.807) is 0 Å². The third-order valence-corrected chi connectivity index (χ3v) is 5.72. The summed E-state index contributed by atoms with van der Waals surface area (Å²) in [5.41, 5.74) is 0. The van der Waals surface area contributed by atoms with Crippen LogP contribution < -0.4 is 0 Å². The minimum Gasteiger partial charge on any atom is -0.344 e. The molecule has 0 aliphatic heterocycles. The Hall–Kier alpha value is 0.190. The third-order valence-electron chi connectivity index (χ3n) is 3.42. The Morgan fingerprint density at radius 1 is 0.867 bits per heavy atom. The van der Waals surface area contributed by atoms with Crippen LogP contribution >= 0.6 is 7.37 Å². The molecule has 1 N–H and O–H groups in total. The SMILES string of the molecule is CC(C)C(C)CP(=O)(O)CC(C)C(C)C. The molecular formula is C12H27O2P. The molecule has 0 aliphatic rings. The molecule has 0 amide bonds. The molecule has 0 aromatic rings. The predicted octanol–water partition coefficient (Wildman–Crippen LogP) is 3.84. The van der Waals surface area contributed by atoms with E-state index in [9.17, 15) is 9.46 Å². The molecule has 3 heteroatoms. The maximum atomic E-state index is 12.0. The van der Waals surface area contributed by atoms with Crippen LogP contribution in [0.2, 0.25) is 0 Å². The largest absolute Gasteiger partial charge is 0.344 e. The zero-order valence-electron chi connectivity index (χ0n) is 11.0. The van der Waals surface area contributed by atoms with Gasteiger partial charge in [0.2, 0.25) is 7.37 Å². The molecule has 0 spiro atoms. The van der Waals surface area contributed by atoms with Gasteiger partial charge in [0.1, 0.15) is 0 Å². The summed E-state index contributed by atoms with van der Waals surface area (Å²) < 4.78 is 12.0. The Bertz CT molecular complexity index is 204. The van der Waals surface area contributed by atoms with Gasteiger partial charge in [-0.3, -0.25) is 4.57 Å². The first-order chi connectivity index (χ1) is 6.65. The highest BCUT2D eigenvalue weighted by molar-refractivity contribution is 7.58. The van der Waals surface area contributed by atoms with Crippen LogP contribution in [0.1, 0.15) is 41.5 Å². The van der Waals surface area contributed by atoms with E-state index < -0.39 is 7.37 Å². The monoisotopic (exact) mass is 234 g/mol. The van der Waals surface area contributed by atoms with Gasteiger partial charge in [-0.05, 0) is 23.7 Å². The summed E-state index contributed by atoms with van der Waals surface area (Å²) in [5, 5.41) is 0. The highest BCUT2D eigenvalue weighted by Gasteiger charge is 2.26. The van der Waals surface area contributed by atoms with Crippen molar-refractivity contribution in [3.05, 3.63) is 0 Å². The molecule has 0 radical (unpaired) electrons. The molecule has 0 rings (SSSR count). The van der Waals surface area contributed by atoms with Crippen LogP contribution in [-0.4, -0.2) is 17.2 Å². The molecule has 0 bridgehead atoms. The Morgan fingerprint density at radius 2 is 1.13 bits per heavy atom. The molecule has 0 fully saturated rings. The average molecular weight is 234 g/mol. The molecule has 92 valence electrons. The van der Waals surface area contributed by atoms with Gasteiger partial charge in [-0.2, -0.15) is 0 Å². The van der Waals surface area contributed by atoms with Crippen LogP contribution in [0.5, 0.6) is 0 Å². The normalized spacial score (nSPS) is 20.3. The van der Waals surface area contributed by atoms with Crippen molar-refractivity contribution in [2.75, 3.05) is 12.3 Å². The van der Waals surface area contributed by atoms with E-state index in [2.05, 4.69) is 41.5 Å². The smallest absolute Gasteiger partial charge is 0.201 e. The lowest BCUT2D eigenvalue weighted by Crippen LogP contribution is -2.16. The molecule has 0 aromatic carbocycles. The summed E-state index contributed by atoms with van der Waals surface area (Å²) in [6.07, 6.45) is 0.948. The van der Waals surface area contributed by atoms with E-state index in [1.807, 2.05) is 0 Å². The lowest BCUT2D eigenvalue weighted by atomic mass is 10.0. The Balaban J connectivity index is 4.25. The lowest BCUT2D eigenvalue weighted by molar-refractivity contribution is 0.396. The Morgan fingerprint density at radius 3 is 1.33 bits per heavy atom. The second-order valence-corrected chi connectivity index (χ2v) is 8.08. The summed E-state index contributed by atoms with van der Waals surface area (Å²) >= 11 is 0. The van der Waals surface area contributed by atoms with E-state index in [-0.39, 0.29) is 0 Å². The summed E-state index contributed by atoms with van der Waals surface area (Å²) in [5.74, 6) is 1.64. The van der Waals surface area contributed by atoms with Crippen LogP contribution in [0.4, 0.5) is 0 Å². The first-order valence-corrected chi connectivity index (χ1v) is 7.99. The molecule has 0 saturated carbocycles. The fourth-order valence-electron chi connectivity index (χ4n) is 1.40. The summed E-state index contributed by atoms with van der Waals surface area (Å²) in [6.45, 7) is 12.6. The van der Waals surface area contributed by atoms with Gasteiger partial charge in [0.05, 0.1) is 0 Å². The quantitative estimate of drug-likeness (QED) is 0.709. The highest BCUT2D eigenvalue weighted by Crippen LogP contribution is 2.46. The molecule has 0 heterocycles. The minimum absolute atomic E-state index is 0.334. The topological polar surface area (TPSA) is 37.3 Å². The van der Waals surface area contributed by atoms with Crippen molar-refractivity contribution in [3.63, 3.8) is 0 Å². The van der Waals surface area contributed by atoms with Gasteiger partial charge < -0.3 is 4.89 Å². The molecule has 0 aliphatic carbocycles. The van der Waals surface area contributed by atoms with Crippen molar-refractivity contribution >= 4 is 7.37 Å². The van der Waals surface area contributed by atoms with Gasteiger partial charge in [0, 0.05) is 12.3 Å². The van der Waals surface area contributed by atoms with Crippen molar-refractivity contribution in [1.29, 1.82) is 0 Å². The van der Waals surface area contributed by atoms with Gasteiger partial charge in [0.25, 0.3) is 0 Å². The summed E-state index contributed by atoms with van der Waals surface area (Å²) in [7, 11) is -2.91. The van der Waals surface area contributed by atoms with Crippen LogP contribution in [0, 0.1) is 23.7 Å². The van der Waals surface area contributed by atoms with Crippen molar-refractivity contribution in [2.45, 2.75) is 41.5 Å². The van der Waals surface area contributed by atoms with Crippen molar-refractivity contribution in [3.8, 4) is 0 Å². The lowest BCUT2D eigenvalue weighted by Gasteiger charge is -2.23. The van der Waals surface area contributed by atoms with Crippen LogP contribution in [0.25, 0.3) is 0 Å². The maximum Gasteiger partial charge on any atom is 0.201 e. The van der Waals surface area contributed by atoms with E-state index in [4.69, 9.17) is 0 Å². The first kappa shape index (κ1) is 15.2. The number of rotatable bonds is 6. The van der Waals surface area contributed by atoms with E-state index >= 15 is 0 Å². The van der Waals surface area contributed by atoms with Crippen LogP contribution in [0.15, 0.2) is 0 Å². The number of hydrogen-bond acceptors (Lipinski definition) is 1. The first-order valence-electron chi connectivity index (χ1n) is 5.96. The zero-order chi connectivity index (χ0) is 12.2. The molecule has 0 aromatic heterocycles. The summed E-state index contributed by atoms with van der Waals surface area (Å²) in [4.78, 5) is 9.91. The molecule has 2 unspecified atom stereocenters. The average Bonchev–Trinajstić information content (AvgIpc) is 2.01. The van der Waals surface area contributed by atoms with Gasteiger partial charge in [-0.15, -0.1) is 0 Å². The fourth-order valence-corrected chi connectivity index (χ4v) is 4.19. The standard InChI is InChI=1S/C12H27O2P/c1-9(2)11(5)7-15(13,14)8-12(6)10(3)4/h9-12H,7-8H2,1-6H3,(H,13,14). The minimum atomic E-state index is -2.91. The van der Waals surface area contributed by atoms with Crippen LogP contribution in [0.3, 0.4) is 0 Å².